The summed E-state index contributed by atoms with van der Waals surface area (Å²) in [6, 6.07) is 7.36. The van der Waals surface area contributed by atoms with E-state index in [0.29, 0.717) is 34.6 Å². The molecule has 0 spiro atoms. The molecule has 3 aromatic rings. The van der Waals surface area contributed by atoms with Gasteiger partial charge in [-0.2, -0.15) is 0 Å². The van der Waals surface area contributed by atoms with Crippen molar-refractivity contribution in [1.29, 1.82) is 5.53 Å². The van der Waals surface area contributed by atoms with E-state index in [4.69, 9.17) is 21.9 Å². The first-order chi connectivity index (χ1) is 20.2. The highest BCUT2D eigenvalue weighted by molar-refractivity contribution is 6.33. The summed E-state index contributed by atoms with van der Waals surface area (Å²) in [5, 5.41) is 21.8. The summed E-state index contributed by atoms with van der Waals surface area (Å²) >= 11 is 6.38. The monoisotopic (exact) mass is 596 g/mol. The topological polar surface area (TPSA) is 165 Å². The van der Waals surface area contributed by atoms with Crippen molar-refractivity contribution in [1.82, 2.24) is 25.5 Å². The van der Waals surface area contributed by atoms with Gasteiger partial charge in [0.05, 0.1) is 36.2 Å². The first kappa shape index (κ1) is 30.3. The van der Waals surface area contributed by atoms with E-state index in [-0.39, 0.29) is 35.0 Å². The smallest absolute Gasteiger partial charge is 0.255 e. The maximum Gasteiger partial charge on any atom is 0.255 e. The van der Waals surface area contributed by atoms with E-state index in [1.165, 1.54) is 29.4 Å². The van der Waals surface area contributed by atoms with Crippen molar-refractivity contribution in [2.75, 3.05) is 25.6 Å². The molecule has 14 heteroatoms. The minimum atomic E-state index is -0.907. The van der Waals surface area contributed by atoms with E-state index in [0.717, 1.165) is 0 Å². The molecule has 1 aliphatic heterocycles. The van der Waals surface area contributed by atoms with Crippen LogP contribution >= 0.6 is 11.6 Å². The summed E-state index contributed by atoms with van der Waals surface area (Å²) in [5.74, 6) is -0.843. The average Bonchev–Trinajstić information content (AvgIpc) is 3.31. The van der Waals surface area contributed by atoms with Crippen LogP contribution in [0.15, 0.2) is 59.7 Å². The van der Waals surface area contributed by atoms with Crippen LogP contribution in [0.2, 0.25) is 5.02 Å². The number of carbonyl (C=O) groups excluding carboxylic acids is 2. The molecule has 2 aromatic carbocycles. The van der Waals surface area contributed by atoms with Gasteiger partial charge >= 0.3 is 0 Å². The third kappa shape index (κ3) is 6.64. The Morgan fingerprint density at radius 1 is 1.33 bits per heavy atom. The van der Waals surface area contributed by atoms with Crippen molar-refractivity contribution >= 4 is 29.4 Å². The number of nitrogens with one attached hydrogen (secondary N) is 4. The largest absolute Gasteiger partial charge is 0.494 e. The van der Waals surface area contributed by atoms with Crippen LogP contribution in [-0.4, -0.2) is 58.1 Å². The van der Waals surface area contributed by atoms with Crippen molar-refractivity contribution in [2.45, 2.75) is 32.5 Å². The van der Waals surface area contributed by atoms with Crippen LogP contribution in [0, 0.1) is 11.3 Å². The zero-order valence-corrected chi connectivity index (χ0v) is 23.9. The van der Waals surface area contributed by atoms with Gasteiger partial charge in [-0.05, 0) is 43.2 Å². The van der Waals surface area contributed by atoms with Gasteiger partial charge in [-0.3, -0.25) is 9.59 Å². The lowest BCUT2D eigenvalue weighted by Gasteiger charge is -2.26. The number of halogens is 2. The summed E-state index contributed by atoms with van der Waals surface area (Å²) in [6.07, 6.45) is 2.86. The molecule has 2 atom stereocenters. The first-order valence-electron chi connectivity index (χ1n) is 13.0. The van der Waals surface area contributed by atoms with Crippen LogP contribution in [0.25, 0.3) is 11.3 Å². The van der Waals surface area contributed by atoms with Gasteiger partial charge in [0.1, 0.15) is 17.6 Å². The molecule has 4 rings (SSSR count). The second kappa shape index (κ2) is 13.4. The summed E-state index contributed by atoms with van der Waals surface area (Å²) in [4.78, 5) is 36.6. The van der Waals surface area contributed by atoms with Crippen molar-refractivity contribution in [3.8, 4) is 17.0 Å². The Kier molecular flexibility index (Phi) is 9.65. The number of rotatable bonds is 12. The van der Waals surface area contributed by atoms with Crippen LogP contribution in [-0.2, 0) is 11.3 Å². The lowest BCUT2D eigenvalue weighted by atomic mass is 10.0. The zero-order valence-electron chi connectivity index (χ0n) is 23.1. The molecule has 0 saturated carbocycles. The van der Waals surface area contributed by atoms with Gasteiger partial charge in [0, 0.05) is 37.0 Å². The number of ether oxygens (including phenoxy) is 1. The minimum absolute atomic E-state index is 0.149. The molecule has 2 heterocycles. The number of fused-ring (bicyclic) bond motifs is 1. The quantitative estimate of drug-likeness (QED) is 0.196. The Balaban J connectivity index is 1.52. The normalized spacial score (nSPS) is 14.2. The summed E-state index contributed by atoms with van der Waals surface area (Å²) in [6.45, 7) is 3.38. The Hall–Kier alpha value is -4.62. The molecule has 0 radical (unpaired) electrons. The van der Waals surface area contributed by atoms with E-state index >= 15 is 0 Å². The molecule has 1 aliphatic rings. The minimum Gasteiger partial charge on any atom is -0.494 e. The van der Waals surface area contributed by atoms with Crippen LogP contribution < -0.4 is 20.7 Å². The number of benzene rings is 2. The molecule has 0 fully saturated rings. The molecule has 1 aromatic heterocycles. The number of aliphatic hydroxyl groups is 1. The fourth-order valence-electron chi connectivity index (χ4n) is 4.46. The second-order valence-corrected chi connectivity index (χ2v) is 9.73. The average molecular weight is 597 g/mol. The molecular formula is C28H30ClFN8O4. The maximum atomic E-state index is 14.1. The zero-order chi connectivity index (χ0) is 30.4. The summed E-state index contributed by atoms with van der Waals surface area (Å²) in [7, 11) is 1.66. The van der Waals surface area contributed by atoms with Crippen molar-refractivity contribution in [3.63, 3.8) is 0 Å². The Morgan fingerprint density at radius 3 is 2.81 bits per heavy atom. The molecule has 0 unspecified atom stereocenters. The SMILES string of the molecule is CCOc1cc(F)cc([C@@H](CO)NC(=O)[C@@H](C)N2Cc3ccc(-c4nc(N/C(=C/NC)N=N)ncc4Cl)cc3C2=O)c1. The molecule has 2 amide bonds. The number of hydrogen-bond acceptors (Lipinski definition) is 10. The van der Waals surface area contributed by atoms with E-state index in [2.05, 4.69) is 31.0 Å². The fourth-order valence-corrected chi connectivity index (χ4v) is 4.66. The van der Waals surface area contributed by atoms with Gasteiger partial charge in [0.25, 0.3) is 5.91 Å². The molecule has 0 saturated heterocycles. The number of aromatic nitrogens is 2. The van der Waals surface area contributed by atoms with E-state index in [9.17, 15) is 19.1 Å². The maximum absolute atomic E-state index is 14.1. The number of carbonyl (C=O) groups is 2. The van der Waals surface area contributed by atoms with Crippen LogP contribution in [0.3, 0.4) is 0 Å². The number of nitrogens with zero attached hydrogens (tertiary/aromatic N) is 4. The number of anilines is 1. The highest BCUT2D eigenvalue weighted by atomic mass is 35.5. The van der Waals surface area contributed by atoms with E-state index in [1.807, 2.05) is 0 Å². The van der Waals surface area contributed by atoms with Gasteiger partial charge in [-0.25, -0.2) is 19.9 Å². The Labute approximate surface area is 246 Å². The van der Waals surface area contributed by atoms with Gasteiger partial charge in [0.2, 0.25) is 11.9 Å². The fraction of sp³-hybridized carbons (Fsp3) is 0.286. The first-order valence-corrected chi connectivity index (χ1v) is 13.4. The van der Waals surface area contributed by atoms with Gasteiger partial charge in [-0.1, -0.05) is 23.7 Å². The van der Waals surface area contributed by atoms with E-state index in [1.54, 1.807) is 45.2 Å². The van der Waals surface area contributed by atoms with Crippen molar-refractivity contribution in [2.24, 2.45) is 5.11 Å². The molecule has 5 N–H and O–H groups in total. The predicted octanol–water partition coefficient (Wildman–Crippen LogP) is 3.99. The summed E-state index contributed by atoms with van der Waals surface area (Å²) in [5.41, 5.74) is 9.60. The number of amides is 2. The van der Waals surface area contributed by atoms with Crippen LogP contribution in [0.5, 0.6) is 5.75 Å². The molecule has 42 heavy (non-hydrogen) atoms. The third-order valence-corrected chi connectivity index (χ3v) is 6.83. The Bertz CT molecular complexity index is 1540. The lowest BCUT2D eigenvalue weighted by Crippen LogP contribution is -2.46. The van der Waals surface area contributed by atoms with Crippen LogP contribution in [0.1, 0.15) is 41.4 Å². The van der Waals surface area contributed by atoms with Crippen LogP contribution in [0.4, 0.5) is 10.3 Å². The molecule has 12 nitrogen and oxygen atoms in total. The molecule has 0 aliphatic carbocycles. The highest BCUT2D eigenvalue weighted by Crippen LogP contribution is 2.32. The number of aliphatic hydroxyl groups excluding tert-OH is 1. The standard InChI is InChI=1S/C28H30ClFN8O4/c1-4-42-20-8-18(7-19(30)10-20)23(14-39)34-26(40)15(2)38-13-17-6-5-16(9-21(17)27(38)41)25-22(29)11-33-28(36-25)35-24(37-31)12-32-3/h5-12,15,23,31-32,39H,4,13-14H2,1-3H3,(H,34,40)(H,33,35,36)/b24-12-,37-31?/t15-,23-/m1/s1. The molecule has 220 valence electrons. The highest BCUT2D eigenvalue weighted by Gasteiger charge is 2.35. The van der Waals surface area contributed by atoms with Crippen molar-refractivity contribution < 1.29 is 23.8 Å². The second-order valence-electron chi connectivity index (χ2n) is 9.32. The number of hydrogen-bond donors (Lipinski definition) is 5. The van der Waals surface area contributed by atoms with Crippen molar-refractivity contribution in [3.05, 3.63) is 82.1 Å². The predicted molar refractivity (Wildman–Crippen MR) is 153 cm³/mol. The molecule has 0 bridgehead atoms. The van der Waals surface area contributed by atoms with Gasteiger partial charge < -0.3 is 30.7 Å². The van der Waals surface area contributed by atoms with E-state index < -0.39 is 30.4 Å². The molecular weight excluding hydrogens is 567 g/mol. The van der Waals surface area contributed by atoms with Gasteiger partial charge in [0.15, 0.2) is 5.82 Å². The van der Waals surface area contributed by atoms with Gasteiger partial charge in [-0.15, -0.1) is 5.11 Å². The summed E-state index contributed by atoms with van der Waals surface area (Å²) < 4.78 is 19.5. The Morgan fingerprint density at radius 2 is 2.12 bits per heavy atom. The lowest BCUT2D eigenvalue weighted by molar-refractivity contribution is -0.126. The third-order valence-electron chi connectivity index (χ3n) is 6.55.